The van der Waals surface area contributed by atoms with Crippen molar-refractivity contribution in [3.63, 3.8) is 0 Å². The monoisotopic (exact) mass is 300 g/mol. The zero-order valence-corrected chi connectivity index (χ0v) is 13.0. The third-order valence-electron chi connectivity index (χ3n) is 3.44. The molecule has 2 rings (SSSR count). The van der Waals surface area contributed by atoms with Crippen LogP contribution in [0.3, 0.4) is 0 Å². The molecule has 1 aromatic heterocycles. The third kappa shape index (κ3) is 3.52. The van der Waals surface area contributed by atoms with Crippen LogP contribution in [0.2, 0.25) is 0 Å². The van der Waals surface area contributed by atoms with E-state index in [9.17, 15) is 9.59 Å². The number of hydrogen-bond acceptors (Lipinski definition) is 4. The smallest absolute Gasteiger partial charge is 0.292 e. The van der Waals surface area contributed by atoms with Gasteiger partial charge in [0.05, 0.1) is 6.21 Å². The molecule has 0 saturated heterocycles. The first-order valence-electron chi connectivity index (χ1n) is 7.26. The van der Waals surface area contributed by atoms with Gasteiger partial charge in [0.25, 0.3) is 5.56 Å². The highest BCUT2D eigenvalue weighted by molar-refractivity contribution is 5.80. The molecule has 0 amide bonds. The topological polar surface area (TPSA) is 70.5 Å². The second-order valence-corrected chi connectivity index (χ2v) is 4.91. The van der Waals surface area contributed by atoms with E-state index < -0.39 is 5.69 Å². The Morgan fingerprint density at radius 3 is 2.45 bits per heavy atom. The summed E-state index contributed by atoms with van der Waals surface area (Å²) in [6.45, 7) is 4.54. The highest BCUT2D eigenvalue weighted by atomic mass is 16.2. The van der Waals surface area contributed by atoms with E-state index in [1.807, 2.05) is 19.1 Å². The van der Waals surface area contributed by atoms with Gasteiger partial charge in [-0.25, -0.2) is 9.80 Å². The van der Waals surface area contributed by atoms with Crippen LogP contribution in [-0.4, -0.2) is 22.3 Å². The maximum absolute atomic E-state index is 11.7. The maximum Gasteiger partial charge on any atom is 0.329 e. The number of benzene rings is 1. The second-order valence-electron chi connectivity index (χ2n) is 4.91. The molecule has 0 aliphatic carbocycles. The highest BCUT2D eigenvalue weighted by Crippen LogP contribution is 2.07. The van der Waals surface area contributed by atoms with Crippen molar-refractivity contribution >= 4 is 12.0 Å². The van der Waals surface area contributed by atoms with Crippen molar-refractivity contribution in [2.75, 3.05) is 11.6 Å². The molecule has 0 saturated carbocycles. The van der Waals surface area contributed by atoms with Crippen molar-refractivity contribution in [2.45, 2.75) is 20.3 Å². The van der Waals surface area contributed by atoms with Gasteiger partial charge in [-0.15, -0.1) is 0 Å². The number of hydrazone groups is 1. The summed E-state index contributed by atoms with van der Waals surface area (Å²) in [6, 6.07) is 9.45. The Morgan fingerprint density at radius 1 is 1.23 bits per heavy atom. The highest BCUT2D eigenvalue weighted by Gasteiger charge is 2.06. The quantitative estimate of drug-likeness (QED) is 0.672. The molecule has 6 heteroatoms. The first-order valence-corrected chi connectivity index (χ1v) is 7.26. The largest absolute Gasteiger partial charge is 0.329 e. The summed E-state index contributed by atoms with van der Waals surface area (Å²) in [5.41, 5.74) is 1.41. The molecular weight excluding hydrogens is 280 g/mol. The minimum Gasteiger partial charge on any atom is -0.292 e. The molecule has 6 nitrogen and oxygen atoms in total. The lowest BCUT2D eigenvalue weighted by Crippen LogP contribution is -2.34. The van der Waals surface area contributed by atoms with Crippen LogP contribution in [0.25, 0.3) is 0 Å². The number of aromatic nitrogens is 2. The number of H-pyrrole nitrogens is 1. The summed E-state index contributed by atoms with van der Waals surface area (Å²) < 4.78 is 1.02. The van der Waals surface area contributed by atoms with Crippen molar-refractivity contribution in [3.05, 3.63) is 62.3 Å². The van der Waals surface area contributed by atoms with E-state index >= 15 is 0 Å². The molecule has 1 heterocycles. The van der Waals surface area contributed by atoms with Gasteiger partial charge in [0.1, 0.15) is 5.82 Å². The number of aryl methyl sites for hydroxylation is 1. The molecule has 2 aromatic rings. The van der Waals surface area contributed by atoms with Gasteiger partial charge in [0.15, 0.2) is 0 Å². The standard InChI is InChI=1S/C16H20N4O2/c1-4-12-6-8-13(9-7-12)11-17-20(5-2)14-10-15(21)19(3)16(22)18-14/h6-11H,4-5H2,1-3H3,(H,18,22)/b17-11+. The Balaban J connectivity index is 2.26. The molecule has 0 bridgehead atoms. The number of aromatic amines is 1. The molecule has 0 unspecified atom stereocenters. The van der Waals surface area contributed by atoms with Gasteiger partial charge >= 0.3 is 5.69 Å². The molecular formula is C16H20N4O2. The van der Waals surface area contributed by atoms with E-state index in [4.69, 9.17) is 0 Å². The van der Waals surface area contributed by atoms with E-state index in [2.05, 4.69) is 29.1 Å². The number of rotatable bonds is 5. The summed E-state index contributed by atoms with van der Waals surface area (Å²) in [7, 11) is 1.43. The van der Waals surface area contributed by atoms with Crippen molar-refractivity contribution in [2.24, 2.45) is 12.1 Å². The van der Waals surface area contributed by atoms with Crippen LogP contribution in [0.4, 0.5) is 5.82 Å². The summed E-state index contributed by atoms with van der Waals surface area (Å²) in [5.74, 6) is 0.386. The van der Waals surface area contributed by atoms with Gasteiger partial charge in [-0.05, 0) is 24.5 Å². The molecule has 1 N–H and O–H groups in total. The van der Waals surface area contributed by atoms with Gasteiger partial charge in [-0.2, -0.15) is 5.10 Å². The fourth-order valence-electron chi connectivity index (χ4n) is 1.97. The lowest BCUT2D eigenvalue weighted by atomic mass is 10.1. The Hall–Kier alpha value is -2.63. The summed E-state index contributed by atoms with van der Waals surface area (Å²) >= 11 is 0. The zero-order valence-electron chi connectivity index (χ0n) is 13.0. The van der Waals surface area contributed by atoms with Gasteiger partial charge in [-0.1, -0.05) is 31.2 Å². The molecule has 0 fully saturated rings. The predicted molar refractivity (Wildman–Crippen MR) is 88.7 cm³/mol. The molecule has 1 aromatic carbocycles. The van der Waals surface area contributed by atoms with Crippen molar-refractivity contribution in [1.82, 2.24) is 9.55 Å². The number of nitrogens with zero attached hydrogens (tertiary/aromatic N) is 3. The van der Waals surface area contributed by atoms with Crippen LogP contribution in [0.1, 0.15) is 25.0 Å². The molecule has 0 radical (unpaired) electrons. The Morgan fingerprint density at radius 2 is 1.91 bits per heavy atom. The Kier molecular flexibility index (Phi) is 4.93. The number of nitrogens with one attached hydrogen (secondary N) is 1. The second kappa shape index (κ2) is 6.89. The summed E-state index contributed by atoms with van der Waals surface area (Å²) in [5, 5.41) is 5.92. The van der Waals surface area contributed by atoms with Gasteiger partial charge in [-0.3, -0.25) is 14.3 Å². The molecule has 22 heavy (non-hydrogen) atoms. The zero-order chi connectivity index (χ0) is 16.1. The Labute approximate surface area is 128 Å². The van der Waals surface area contributed by atoms with E-state index in [1.54, 1.807) is 11.2 Å². The normalized spacial score (nSPS) is 11.0. The summed E-state index contributed by atoms with van der Waals surface area (Å²) in [6.07, 6.45) is 2.70. The summed E-state index contributed by atoms with van der Waals surface area (Å²) in [4.78, 5) is 26.0. The van der Waals surface area contributed by atoms with E-state index in [0.717, 1.165) is 16.6 Å². The average Bonchev–Trinajstić information content (AvgIpc) is 2.53. The van der Waals surface area contributed by atoms with Crippen molar-refractivity contribution in [1.29, 1.82) is 0 Å². The average molecular weight is 300 g/mol. The number of anilines is 1. The van der Waals surface area contributed by atoms with Crippen LogP contribution in [-0.2, 0) is 13.5 Å². The first kappa shape index (κ1) is 15.8. The van der Waals surface area contributed by atoms with Crippen molar-refractivity contribution < 1.29 is 0 Å². The molecule has 0 atom stereocenters. The minimum atomic E-state index is -0.455. The van der Waals surface area contributed by atoms with Crippen molar-refractivity contribution in [3.8, 4) is 0 Å². The van der Waals surface area contributed by atoms with E-state index in [0.29, 0.717) is 12.4 Å². The number of hydrogen-bond donors (Lipinski definition) is 1. The van der Waals surface area contributed by atoms with Crippen LogP contribution >= 0.6 is 0 Å². The lowest BCUT2D eigenvalue weighted by molar-refractivity contribution is 0.756. The van der Waals surface area contributed by atoms with Crippen LogP contribution in [0.5, 0.6) is 0 Å². The SMILES string of the molecule is CCc1ccc(/C=N/N(CC)c2cc(=O)n(C)c(=O)[nH]2)cc1. The van der Waals surface area contributed by atoms with Gasteiger partial charge < -0.3 is 0 Å². The van der Waals surface area contributed by atoms with Gasteiger partial charge in [0, 0.05) is 19.7 Å². The van der Waals surface area contributed by atoms with E-state index in [-0.39, 0.29) is 5.56 Å². The lowest BCUT2D eigenvalue weighted by Gasteiger charge is -2.16. The fraction of sp³-hybridized carbons (Fsp3) is 0.312. The van der Waals surface area contributed by atoms with Crippen LogP contribution in [0.15, 0.2) is 45.0 Å². The Bertz CT molecular complexity index is 741. The molecule has 0 aliphatic heterocycles. The first-order chi connectivity index (χ1) is 10.5. The van der Waals surface area contributed by atoms with E-state index in [1.165, 1.54) is 18.7 Å². The third-order valence-corrected chi connectivity index (χ3v) is 3.44. The van der Waals surface area contributed by atoms with Crippen LogP contribution in [0, 0.1) is 0 Å². The van der Waals surface area contributed by atoms with Gasteiger partial charge in [0.2, 0.25) is 0 Å². The predicted octanol–water partition coefficient (Wildman–Crippen LogP) is 1.50. The fourth-order valence-corrected chi connectivity index (χ4v) is 1.97. The molecule has 116 valence electrons. The van der Waals surface area contributed by atoms with Crippen LogP contribution < -0.4 is 16.3 Å². The minimum absolute atomic E-state index is 0.361. The maximum atomic E-state index is 11.7. The molecule has 0 spiro atoms. The molecule has 0 aliphatic rings.